The third-order valence-corrected chi connectivity index (χ3v) is 6.44. The van der Waals surface area contributed by atoms with E-state index in [1.807, 2.05) is 0 Å². The first kappa shape index (κ1) is 27.9. The van der Waals surface area contributed by atoms with Crippen molar-refractivity contribution >= 4 is 0 Å². The van der Waals surface area contributed by atoms with Gasteiger partial charge in [-0.15, -0.1) is 0 Å². The Morgan fingerprint density at radius 1 is 0.500 bits per heavy atom. The summed E-state index contributed by atoms with van der Waals surface area (Å²) in [4.78, 5) is 2.68. The van der Waals surface area contributed by atoms with Gasteiger partial charge in [-0.25, -0.2) is 0 Å². The SMILES string of the molecule is C1CNCCNCCCN(CCCCC2CNCCCNCCNCCCN2)CCNC1. The Morgan fingerprint density at radius 3 is 1.75 bits per heavy atom. The predicted octanol–water partition coefficient (Wildman–Crippen LogP) is -0.458. The maximum absolute atomic E-state index is 3.81. The number of nitrogens with one attached hydrogen (secondary N) is 7. The first-order valence-corrected chi connectivity index (χ1v) is 13.7. The summed E-state index contributed by atoms with van der Waals surface area (Å²) in [6.07, 6.45) is 8.78. The third kappa shape index (κ3) is 16.3. The van der Waals surface area contributed by atoms with Crippen LogP contribution in [0.2, 0.25) is 0 Å². The lowest BCUT2D eigenvalue weighted by Gasteiger charge is -2.24. The molecule has 0 aromatic heterocycles. The van der Waals surface area contributed by atoms with Crippen molar-refractivity contribution in [2.75, 3.05) is 105 Å². The monoisotopic (exact) mass is 454 g/mol. The van der Waals surface area contributed by atoms with Crippen molar-refractivity contribution in [2.45, 2.75) is 51.0 Å². The zero-order valence-corrected chi connectivity index (χ0v) is 20.8. The van der Waals surface area contributed by atoms with Gasteiger partial charge in [0, 0.05) is 51.9 Å². The Hall–Kier alpha value is -0.320. The first-order chi connectivity index (χ1) is 15.9. The van der Waals surface area contributed by atoms with Crippen molar-refractivity contribution in [1.82, 2.24) is 42.1 Å². The molecule has 0 spiro atoms. The Balaban J connectivity index is 1.62. The van der Waals surface area contributed by atoms with Gasteiger partial charge in [0.1, 0.15) is 0 Å². The van der Waals surface area contributed by atoms with Crippen LogP contribution in [0.4, 0.5) is 0 Å². The molecule has 2 aliphatic rings. The lowest BCUT2D eigenvalue weighted by atomic mass is 10.1. The van der Waals surface area contributed by atoms with Gasteiger partial charge in [-0.1, -0.05) is 6.42 Å². The normalized spacial score (nSPS) is 26.1. The Morgan fingerprint density at radius 2 is 1.06 bits per heavy atom. The summed E-state index contributed by atoms with van der Waals surface area (Å²) >= 11 is 0. The van der Waals surface area contributed by atoms with Gasteiger partial charge >= 0.3 is 0 Å². The van der Waals surface area contributed by atoms with Gasteiger partial charge in [0.25, 0.3) is 0 Å². The van der Waals surface area contributed by atoms with Gasteiger partial charge < -0.3 is 42.1 Å². The molecule has 2 rings (SSSR count). The summed E-state index contributed by atoms with van der Waals surface area (Å²) in [6, 6.07) is 0.601. The van der Waals surface area contributed by atoms with Crippen LogP contribution in [0.3, 0.4) is 0 Å². The van der Waals surface area contributed by atoms with E-state index in [1.54, 1.807) is 0 Å². The molecule has 0 aromatic carbocycles. The summed E-state index contributed by atoms with van der Waals surface area (Å²) in [5.41, 5.74) is 0. The topological polar surface area (TPSA) is 87.5 Å². The Kier molecular flexibility index (Phi) is 18.5. The van der Waals surface area contributed by atoms with Crippen LogP contribution in [0.15, 0.2) is 0 Å². The average Bonchev–Trinajstić information content (AvgIpc) is 2.81. The molecule has 0 amide bonds. The van der Waals surface area contributed by atoms with Crippen molar-refractivity contribution in [2.24, 2.45) is 0 Å². The van der Waals surface area contributed by atoms with Crippen molar-refractivity contribution in [3.63, 3.8) is 0 Å². The summed E-state index contributed by atoms with van der Waals surface area (Å²) in [5, 5.41) is 25.3. The highest BCUT2D eigenvalue weighted by Crippen LogP contribution is 2.04. The molecule has 2 aliphatic heterocycles. The largest absolute Gasteiger partial charge is 0.315 e. The highest BCUT2D eigenvalue weighted by molar-refractivity contribution is 4.72. The lowest BCUT2D eigenvalue weighted by Crippen LogP contribution is -2.41. The molecular formula is C24H54N8. The molecule has 7 N–H and O–H groups in total. The van der Waals surface area contributed by atoms with Crippen LogP contribution in [0.1, 0.15) is 44.9 Å². The molecule has 0 aliphatic carbocycles. The summed E-state index contributed by atoms with van der Waals surface area (Å²) in [7, 11) is 0. The van der Waals surface area contributed by atoms with Crippen LogP contribution in [0.5, 0.6) is 0 Å². The van der Waals surface area contributed by atoms with Gasteiger partial charge in [0.15, 0.2) is 0 Å². The zero-order valence-electron chi connectivity index (χ0n) is 20.8. The van der Waals surface area contributed by atoms with Crippen LogP contribution >= 0.6 is 0 Å². The fourth-order valence-corrected chi connectivity index (χ4v) is 4.45. The minimum Gasteiger partial charge on any atom is -0.315 e. The van der Waals surface area contributed by atoms with Gasteiger partial charge in [-0.3, -0.25) is 0 Å². The lowest BCUT2D eigenvalue weighted by molar-refractivity contribution is 0.259. The van der Waals surface area contributed by atoms with Crippen molar-refractivity contribution in [3.05, 3.63) is 0 Å². The minimum absolute atomic E-state index is 0.601. The molecule has 1 atom stereocenters. The quantitative estimate of drug-likeness (QED) is 0.281. The maximum atomic E-state index is 3.81. The summed E-state index contributed by atoms with van der Waals surface area (Å²) < 4.78 is 0. The van der Waals surface area contributed by atoms with Gasteiger partial charge in [-0.05, 0) is 97.4 Å². The van der Waals surface area contributed by atoms with Crippen molar-refractivity contribution in [1.29, 1.82) is 0 Å². The minimum atomic E-state index is 0.601. The molecule has 0 saturated carbocycles. The molecule has 0 bridgehead atoms. The van der Waals surface area contributed by atoms with Crippen LogP contribution < -0.4 is 37.2 Å². The van der Waals surface area contributed by atoms with Crippen molar-refractivity contribution in [3.8, 4) is 0 Å². The van der Waals surface area contributed by atoms with Crippen LogP contribution in [-0.2, 0) is 0 Å². The molecule has 1 unspecified atom stereocenters. The van der Waals surface area contributed by atoms with Gasteiger partial charge in [0.2, 0.25) is 0 Å². The zero-order chi connectivity index (χ0) is 22.4. The number of hydrogen-bond donors (Lipinski definition) is 7. The van der Waals surface area contributed by atoms with E-state index in [-0.39, 0.29) is 0 Å². The Labute approximate surface area is 198 Å². The van der Waals surface area contributed by atoms with E-state index in [4.69, 9.17) is 0 Å². The molecule has 2 saturated heterocycles. The molecule has 190 valence electrons. The second kappa shape index (κ2) is 21.2. The smallest absolute Gasteiger partial charge is 0.0192 e. The third-order valence-electron chi connectivity index (χ3n) is 6.44. The molecule has 0 radical (unpaired) electrons. The molecule has 2 fully saturated rings. The summed E-state index contributed by atoms with van der Waals surface area (Å²) in [5.74, 6) is 0. The highest BCUT2D eigenvalue weighted by Gasteiger charge is 2.10. The fourth-order valence-electron chi connectivity index (χ4n) is 4.45. The first-order valence-electron chi connectivity index (χ1n) is 13.7. The fraction of sp³-hybridized carbons (Fsp3) is 1.00. The Bertz CT molecular complexity index is 334. The predicted molar refractivity (Wildman–Crippen MR) is 138 cm³/mol. The second-order valence-electron chi connectivity index (χ2n) is 9.36. The van der Waals surface area contributed by atoms with E-state index < -0.39 is 0 Å². The van der Waals surface area contributed by atoms with Gasteiger partial charge in [0.05, 0.1) is 0 Å². The van der Waals surface area contributed by atoms with E-state index in [1.165, 1.54) is 64.6 Å². The molecule has 32 heavy (non-hydrogen) atoms. The number of unbranched alkanes of at least 4 members (excludes halogenated alkanes) is 1. The number of nitrogens with zero attached hydrogens (tertiary/aromatic N) is 1. The van der Waals surface area contributed by atoms with E-state index in [0.717, 1.165) is 85.1 Å². The average molecular weight is 455 g/mol. The van der Waals surface area contributed by atoms with E-state index in [9.17, 15) is 0 Å². The van der Waals surface area contributed by atoms with Crippen molar-refractivity contribution < 1.29 is 0 Å². The number of rotatable bonds is 5. The van der Waals surface area contributed by atoms with Crippen LogP contribution in [0, 0.1) is 0 Å². The molecule has 8 heteroatoms. The second-order valence-corrected chi connectivity index (χ2v) is 9.36. The van der Waals surface area contributed by atoms with E-state index >= 15 is 0 Å². The maximum Gasteiger partial charge on any atom is 0.0192 e. The molecular weight excluding hydrogens is 400 g/mol. The number of hydrogen-bond acceptors (Lipinski definition) is 8. The molecule has 8 nitrogen and oxygen atoms in total. The van der Waals surface area contributed by atoms with E-state index in [2.05, 4.69) is 42.1 Å². The standard InChI is InChI=1S/C24H54N8/c1(7-24-23-30-12-4-9-26-15-16-27-11-5-14-31-24)2-20-32-21-6-13-28-18-17-25-8-3-10-29-19-22-32/h24-31H,1-23H2. The summed E-state index contributed by atoms with van der Waals surface area (Å²) in [6.45, 7) is 18.0. The van der Waals surface area contributed by atoms with Crippen LogP contribution in [-0.4, -0.2) is 116 Å². The van der Waals surface area contributed by atoms with Gasteiger partial charge in [-0.2, -0.15) is 0 Å². The highest BCUT2D eigenvalue weighted by atomic mass is 15.1. The van der Waals surface area contributed by atoms with Crippen LogP contribution in [0.25, 0.3) is 0 Å². The molecule has 2 heterocycles. The molecule has 0 aromatic rings. The van der Waals surface area contributed by atoms with E-state index in [0.29, 0.717) is 6.04 Å².